The van der Waals surface area contributed by atoms with Crippen LogP contribution in [0.25, 0.3) is 0 Å². The van der Waals surface area contributed by atoms with Crippen LogP contribution in [-0.4, -0.2) is 18.1 Å². The molecular weight excluding hydrogens is 238 g/mol. The smallest absolute Gasteiger partial charge is 0.318 e. The van der Waals surface area contributed by atoms with Crippen molar-refractivity contribution in [2.24, 2.45) is 0 Å². The van der Waals surface area contributed by atoms with E-state index >= 15 is 0 Å². The highest BCUT2D eigenvalue weighted by Gasteiger charge is 2.51. The highest BCUT2D eigenvalue weighted by Crippen LogP contribution is 2.58. The van der Waals surface area contributed by atoms with Crippen LogP contribution in [0.4, 0.5) is 10.5 Å². The Morgan fingerprint density at radius 3 is 2.74 bits per heavy atom. The third-order valence-corrected chi connectivity index (χ3v) is 5.00. The number of anilines is 1. The Kier molecular flexibility index (Phi) is 2.20. The lowest BCUT2D eigenvalue weighted by atomic mass is 10.0. The average molecular weight is 257 g/mol. The Hall–Kier alpha value is -1.58. The Bertz CT molecular complexity index is 575. The summed E-state index contributed by atoms with van der Waals surface area (Å²) in [6.07, 6.45) is 8.16. The van der Waals surface area contributed by atoms with Crippen molar-refractivity contribution in [1.82, 2.24) is 10.3 Å². The van der Waals surface area contributed by atoms with Gasteiger partial charge in [-0.2, -0.15) is 0 Å². The predicted molar refractivity (Wildman–Crippen MR) is 73.6 cm³/mol. The van der Waals surface area contributed by atoms with Crippen molar-refractivity contribution in [2.75, 3.05) is 12.4 Å². The van der Waals surface area contributed by atoms with Crippen LogP contribution in [0.15, 0.2) is 0 Å². The molecular formula is C15H19N3O. The number of carbonyl (C=O) groups is 1. The first-order valence-corrected chi connectivity index (χ1v) is 7.27. The van der Waals surface area contributed by atoms with Gasteiger partial charge >= 0.3 is 6.03 Å². The fourth-order valence-corrected chi connectivity index (χ4v) is 3.75. The zero-order valence-corrected chi connectivity index (χ0v) is 11.3. The summed E-state index contributed by atoms with van der Waals surface area (Å²) in [4.78, 5) is 16.7. The molecule has 3 aliphatic carbocycles. The molecule has 4 heteroatoms. The maximum atomic E-state index is 11.7. The Morgan fingerprint density at radius 2 is 2.00 bits per heavy atom. The van der Waals surface area contributed by atoms with Gasteiger partial charge in [-0.15, -0.1) is 0 Å². The van der Waals surface area contributed by atoms with Gasteiger partial charge in [0.15, 0.2) is 0 Å². The molecule has 1 aromatic rings. The highest BCUT2D eigenvalue weighted by atomic mass is 16.2. The molecule has 19 heavy (non-hydrogen) atoms. The number of hydrogen-bond donors (Lipinski definition) is 2. The third kappa shape index (κ3) is 1.52. The van der Waals surface area contributed by atoms with E-state index in [-0.39, 0.29) is 6.03 Å². The standard InChI is InChI=1S/C15H19N3O/c1-16-14(19)18-12-9-3-2-4-11(9)17-13-10(12)5-6-15(13)7-8-15/h2-8H2,1H3,(H2,16,17,18,19). The first kappa shape index (κ1) is 11.3. The maximum Gasteiger partial charge on any atom is 0.318 e. The van der Waals surface area contributed by atoms with E-state index in [4.69, 9.17) is 4.98 Å². The van der Waals surface area contributed by atoms with Crippen LogP contribution in [0.1, 0.15) is 48.2 Å². The van der Waals surface area contributed by atoms with Gasteiger partial charge in [-0.25, -0.2) is 4.79 Å². The number of fused-ring (bicyclic) bond motifs is 3. The number of rotatable bonds is 1. The molecule has 1 spiro atoms. The van der Waals surface area contributed by atoms with Crippen molar-refractivity contribution in [3.8, 4) is 0 Å². The number of pyridine rings is 1. The lowest BCUT2D eigenvalue weighted by Gasteiger charge is -2.16. The molecule has 1 heterocycles. The summed E-state index contributed by atoms with van der Waals surface area (Å²) in [7, 11) is 1.67. The molecule has 2 N–H and O–H groups in total. The van der Waals surface area contributed by atoms with E-state index in [2.05, 4.69) is 10.6 Å². The van der Waals surface area contributed by atoms with Gasteiger partial charge in [0.1, 0.15) is 0 Å². The molecule has 2 amide bonds. The summed E-state index contributed by atoms with van der Waals surface area (Å²) in [6, 6.07) is -0.112. The number of urea groups is 1. The molecule has 4 rings (SSSR count). The molecule has 0 atom stereocenters. The van der Waals surface area contributed by atoms with E-state index in [1.54, 1.807) is 7.05 Å². The fraction of sp³-hybridized carbons (Fsp3) is 0.600. The molecule has 4 nitrogen and oxygen atoms in total. The summed E-state index contributed by atoms with van der Waals surface area (Å²) in [6.45, 7) is 0. The monoisotopic (exact) mass is 257 g/mol. The minimum absolute atomic E-state index is 0.112. The van der Waals surface area contributed by atoms with Crippen LogP contribution in [0.5, 0.6) is 0 Å². The quantitative estimate of drug-likeness (QED) is 0.811. The van der Waals surface area contributed by atoms with Crippen LogP contribution >= 0.6 is 0 Å². The van der Waals surface area contributed by atoms with Crippen LogP contribution in [0, 0.1) is 0 Å². The highest BCUT2D eigenvalue weighted by molar-refractivity contribution is 5.91. The topological polar surface area (TPSA) is 54.0 Å². The minimum Gasteiger partial charge on any atom is -0.341 e. The molecule has 1 saturated carbocycles. The summed E-state index contributed by atoms with van der Waals surface area (Å²) >= 11 is 0. The van der Waals surface area contributed by atoms with Crippen molar-refractivity contribution in [1.29, 1.82) is 0 Å². The summed E-state index contributed by atoms with van der Waals surface area (Å²) in [5.74, 6) is 0. The van der Waals surface area contributed by atoms with E-state index in [1.807, 2.05) is 0 Å². The lowest BCUT2D eigenvalue weighted by Crippen LogP contribution is -2.26. The second kappa shape index (κ2) is 3.71. The zero-order chi connectivity index (χ0) is 13.0. The second-order valence-electron chi connectivity index (χ2n) is 6.08. The molecule has 1 fully saturated rings. The maximum absolute atomic E-state index is 11.7. The zero-order valence-electron chi connectivity index (χ0n) is 11.3. The number of nitrogens with zero attached hydrogens (tertiary/aromatic N) is 1. The third-order valence-electron chi connectivity index (χ3n) is 5.00. The average Bonchev–Trinajstić information content (AvgIpc) is 2.90. The van der Waals surface area contributed by atoms with Gasteiger partial charge in [-0.3, -0.25) is 4.98 Å². The number of nitrogens with one attached hydrogen (secondary N) is 2. The number of aryl methyl sites for hydroxylation is 1. The van der Waals surface area contributed by atoms with Crippen molar-refractivity contribution in [3.05, 3.63) is 22.5 Å². The molecule has 3 aliphatic rings. The van der Waals surface area contributed by atoms with Gasteiger partial charge in [0.25, 0.3) is 0 Å². The normalized spacial score (nSPS) is 21.1. The van der Waals surface area contributed by atoms with Crippen molar-refractivity contribution < 1.29 is 4.79 Å². The van der Waals surface area contributed by atoms with Crippen molar-refractivity contribution >= 4 is 11.7 Å². The number of carbonyl (C=O) groups excluding carboxylic acids is 1. The molecule has 0 bridgehead atoms. The Labute approximate surface area is 113 Å². The van der Waals surface area contributed by atoms with Gasteiger partial charge in [0.05, 0.1) is 11.4 Å². The molecule has 1 aromatic heterocycles. The van der Waals surface area contributed by atoms with Crippen LogP contribution in [-0.2, 0) is 24.7 Å². The van der Waals surface area contributed by atoms with Gasteiger partial charge in [-0.05, 0) is 56.1 Å². The molecule has 0 aromatic carbocycles. The molecule has 0 unspecified atom stereocenters. The molecule has 0 aliphatic heterocycles. The van der Waals surface area contributed by atoms with Gasteiger partial charge in [0.2, 0.25) is 0 Å². The largest absolute Gasteiger partial charge is 0.341 e. The van der Waals surface area contributed by atoms with E-state index in [9.17, 15) is 4.79 Å². The molecule has 100 valence electrons. The number of amides is 2. The van der Waals surface area contributed by atoms with Gasteiger partial charge < -0.3 is 10.6 Å². The molecule has 0 saturated heterocycles. The van der Waals surface area contributed by atoms with E-state index in [1.165, 1.54) is 48.2 Å². The van der Waals surface area contributed by atoms with Crippen molar-refractivity contribution in [3.63, 3.8) is 0 Å². The van der Waals surface area contributed by atoms with Crippen molar-refractivity contribution in [2.45, 2.75) is 50.4 Å². The predicted octanol–water partition coefficient (Wildman–Crippen LogP) is 2.30. The van der Waals surface area contributed by atoms with E-state index in [0.29, 0.717) is 5.41 Å². The first-order valence-electron chi connectivity index (χ1n) is 7.27. The molecule has 0 radical (unpaired) electrons. The fourth-order valence-electron chi connectivity index (χ4n) is 3.75. The van der Waals surface area contributed by atoms with Crippen LogP contribution in [0.2, 0.25) is 0 Å². The van der Waals surface area contributed by atoms with Gasteiger partial charge in [-0.1, -0.05) is 0 Å². The summed E-state index contributed by atoms with van der Waals surface area (Å²) in [5.41, 5.74) is 6.62. The lowest BCUT2D eigenvalue weighted by molar-refractivity contribution is 0.254. The van der Waals surface area contributed by atoms with Crippen LogP contribution < -0.4 is 10.6 Å². The van der Waals surface area contributed by atoms with Gasteiger partial charge in [0, 0.05) is 18.2 Å². The second-order valence-corrected chi connectivity index (χ2v) is 6.08. The van der Waals surface area contributed by atoms with E-state index in [0.717, 1.165) is 24.9 Å². The minimum atomic E-state index is -0.112. The Morgan fingerprint density at radius 1 is 1.16 bits per heavy atom. The van der Waals surface area contributed by atoms with Crippen LogP contribution in [0.3, 0.4) is 0 Å². The SMILES string of the molecule is CNC(=O)Nc1c2c(nc3c1CCC31CC1)CCC2. The van der Waals surface area contributed by atoms with E-state index < -0.39 is 0 Å². The summed E-state index contributed by atoms with van der Waals surface area (Å²) < 4.78 is 0. The summed E-state index contributed by atoms with van der Waals surface area (Å²) in [5, 5.41) is 5.73. The Balaban J connectivity index is 1.86. The number of aromatic nitrogens is 1. The number of hydrogen-bond acceptors (Lipinski definition) is 2. The first-order chi connectivity index (χ1) is 9.23.